The molecule has 31 heavy (non-hydrogen) atoms. The van der Waals surface area contributed by atoms with Gasteiger partial charge in [-0.1, -0.05) is 6.08 Å². The number of amides is 1. The number of carbonyl (C=O) groups excluding carboxylic acids is 3. The number of nitrogens with zero attached hydrogens (tertiary/aromatic N) is 2. The molecule has 0 saturated heterocycles. The van der Waals surface area contributed by atoms with Crippen LogP contribution in [0.1, 0.15) is 64.5 Å². The van der Waals surface area contributed by atoms with Crippen molar-refractivity contribution in [2.45, 2.75) is 72.6 Å². The summed E-state index contributed by atoms with van der Waals surface area (Å²) in [7, 11) is 0. The van der Waals surface area contributed by atoms with E-state index in [1.54, 1.807) is 59.8 Å². The molecule has 0 aliphatic heterocycles. The molecule has 1 aromatic carbocycles. The third-order valence-electron chi connectivity index (χ3n) is 3.96. The first kappa shape index (κ1) is 24.1. The average Bonchev–Trinajstić information content (AvgIpc) is 2.90. The first-order valence-electron chi connectivity index (χ1n) is 10.1. The molecule has 0 atom stereocenters. The molecule has 0 aliphatic rings. The van der Waals surface area contributed by atoms with Gasteiger partial charge in [-0.2, -0.15) is 5.10 Å². The molecule has 0 saturated carbocycles. The summed E-state index contributed by atoms with van der Waals surface area (Å²) in [6.07, 6.45) is 1.53. The van der Waals surface area contributed by atoms with Crippen molar-refractivity contribution in [3.63, 3.8) is 0 Å². The number of esters is 1. The maximum absolute atomic E-state index is 12.4. The van der Waals surface area contributed by atoms with E-state index in [0.717, 1.165) is 5.56 Å². The van der Waals surface area contributed by atoms with Gasteiger partial charge >= 0.3 is 12.1 Å². The lowest BCUT2D eigenvalue weighted by atomic mass is 10.0. The molecule has 8 heteroatoms. The van der Waals surface area contributed by atoms with Crippen LogP contribution < -0.4 is 5.32 Å². The lowest BCUT2D eigenvalue weighted by Gasteiger charge is -2.20. The minimum absolute atomic E-state index is 0.149. The normalized spacial score (nSPS) is 11.8. The first-order valence-corrected chi connectivity index (χ1v) is 10.1. The van der Waals surface area contributed by atoms with Gasteiger partial charge in [-0.3, -0.25) is 19.6 Å². The number of ketones is 1. The molecule has 0 aliphatic carbocycles. The molecule has 0 spiro atoms. The van der Waals surface area contributed by atoms with Crippen LogP contribution in [0.25, 0.3) is 10.9 Å². The Kier molecular flexibility index (Phi) is 6.93. The third-order valence-corrected chi connectivity index (χ3v) is 3.96. The standard InChI is InChI=1S/C23H31N3O5/c1-9-10-15-11-16(24-21(29)31-23(6,7)8)12-17-19(14(2)27)25-26(20(15)17)13-18(28)30-22(3,4)5/h9,11-12H,1,10,13H2,2-8H3,(H,24,29). The fourth-order valence-corrected chi connectivity index (χ4v) is 3.08. The van der Waals surface area contributed by atoms with E-state index in [-0.39, 0.29) is 18.0 Å². The van der Waals surface area contributed by atoms with E-state index in [4.69, 9.17) is 9.47 Å². The Morgan fingerprint density at radius 1 is 1.10 bits per heavy atom. The maximum atomic E-state index is 12.4. The summed E-state index contributed by atoms with van der Waals surface area (Å²) in [6, 6.07) is 3.41. The first-order chi connectivity index (χ1) is 14.2. The van der Waals surface area contributed by atoms with Crippen LogP contribution in [0.2, 0.25) is 0 Å². The van der Waals surface area contributed by atoms with Crippen LogP contribution in [-0.4, -0.2) is 38.8 Å². The van der Waals surface area contributed by atoms with Gasteiger partial charge in [0, 0.05) is 18.0 Å². The van der Waals surface area contributed by atoms with Crippen molar-refractivity contribution < 1.29 is 23.9 Å². The number of carbonyl (C=O) groups is 3. The van der Waals surface area contributed by atoms with Gasteiger partial charge in [0.15, 0.2) is 5.78 Å². The van der Waals surface area contributed by atoms with Crippen LogP contribution in [-0.2, 0) is 27.2 Å². The highest BCUT2D eigenvalue weighted by molar-refractivity contribution is 6.07. The number of hydrogen-bond acceptors (Lipinski definition) is 6. The molecule has 0 radical (unpaired) electrons. The highest BCUT2D eigenvalue weighted by atomic mass is 16.6. The van der Waals surface area contributed by atoms with Crippen LogP contribution in [0, 0.1) is 0 Å². The van der Waals surface area contributed by atoms with E-state index in [1.807, 2.05) is 0 Å². The van der Waals surface area contributed by atoms with E-state index in [2.05, 4.69) is 17.0 Å². The largest absolute Gasteiger partial charge is 0.459 e. The highest BCUT2D eigenvalue weighted by Crippen LogP contribution is 2.29. The Morgan fingerprint density at radius 2 is 1.71 bits per heavy atom. The number of Topliss-reactive ketones (excluding diaryl/α,β-unsaturated/α-hetero) is 1. The molecule has 168 valence electrons. The Bertz CT molecular complexity index is 1020. The number of rotatable bonds is 6. The van der Waals surface area contributed by atoms with E-state index in [0.29, 0.717) is 23.0 Å². The molecule has 1 amide bonds. The summed E-state index contributed by atoms with van der Waals surface area (Å²) in [5.41, 5.74) is 0.737. The summed E-state index contributed by atoms with van der Waals surface area (Å²) in [6.45, 7) is 15.7. The van der Waals surface area contributed by atoms with Crippen molar-refractivity contribution in [1.29, 1.82) is 0 Å². The summed E-state index contributed by atoms with van der Waals surface area (Å²) >= 11 is 0. The van der Waals surface area contributed by atoms with Gasteiger partial charge in [0.2, 0.25) is 0 Å². The SMILES string of the molecule is C=CCc1cc(NC(=O)OC(C)(C)C)cc2c(C(C)=O)nn(CC(=O)OC(C)(C)C)c12. The van der Waals surface area contributed by atoms with Crippen molar-refractivity contribution in [3.8, 4) is 0 Å². The molecule has 1 heterocycles. The van der Waals surface area contributed by atoms with E-state index in [9.17, 15) is 14.4 Å². The van der Waals surface area contributed by atoms with Crippen LogP contribution in [0.15, 0.2) is 24.8 Å². The summed E-state index contributed by atoms with van der Waals surface area (Å²) in [5.74, 6) is -0.723. The molecule has 0 unspecified atom stereocenters. The number of benzene rings is 1. The van der Waals surface area contributed by atoms with E-state index < -0.39 is 23.3 Å². The zero-order valence-corrected chi connectivity index (χ0v) is 19.3. The van der Waals surface area contributed by atoms with Gasteiger partial charge in [0.25, 0.3) is 0 Å². The van der Waals surface area contributed by atoms with Gasteiger partial charge in [-0.25, -0.2) is 4.79 Å². The van der Waals surface area contributed by atoms with Crippen LogP contribution >= 0.6 is 0 Å². The third kappa shape index (κ3) is 6.67. The fraction of sp³-hybridized carbons (Fsp3) is 0.478. The lowest BCUT2D eigenvalue weighted by molar-refractivity contribution is -0.155. The highest BCUT2D eigenvalue weighted by Gasteiger charge is 2.23. The quantitative estimate of drug-likeness (QED) is 0.407. The Morgan fingerprint density at radius 3 is 2.23 bits per heavy atom. The number of anilines is 1. The van der Waals surface area contributed by atoms with Gasteiger partial charge in [-0.15, -0.1) is 6.58 Å². The van der Waals surface area contributed by atoms with Crippen molar-refractivity contribution in [2.24, 2.45) is 0 Å². The van der Waals surface area contributed by atoms with Crippen molar-refractivity contribution in [3.05, 3.63) is 36.0 Å². The van der Waals surface area contributed by atoms with Crippen LogP contribution in [0.5, 0.6) is 0 Å². The molecule has 0 fully saturated rings. The van der Waals surface area contributed by atoms with Crippen LogP contribution in [0.4, 0.5) is 10.5 Å². The van der Waals surface area contributed by atoms with Gasteiger partial charge < -0.3 is 9.47 Å². The monoisotopic (exact) mass is 429 g/mol. The maximum Gasteiger partial charge on any atom is 0.412 e. The minimum atomic E-state index is -0.652. The summed E-state index contributed by atoms with van der Waals surface area (Å²) in [4.78, 5) is 36.9. The number of fused-ring (bicyclic) bond motifs is 1. The Hall–Kier alpha value is -3.16. The predicted molar refractivity (Wildman–Crippen MR) is 119 cm³/mol. The van der Waals surface area contributed by atoms with Crippen molar-refractivity contribution >= 4 is 34.4 Å². The number of nitrogens with one attached hydrogen (secondary N) is 1. The zero-order chi connectivity index (χ0) is 23.6. The number of aromatic nitrogens is 2. The van der Waals surface area contributed by atoms with E-state index in [1.165, 1.54) is 11.6 Å². The van der Waals surface area contributed by atoms with Gasteiger partial charge in [0.05, 0.1) is 5.52 Å². The minimum Gasteiger partial charge on any atom is -0.459 e. The fourth-order valence-electron chi connectivity index (χ4n) is 3.08. The van der Waals surface area contributed by atoms with Crippen molar-refractivity contribution in [1.82, 2.24) is 9.78 Å². The Labute approximate surface area is 182 Å². The molecule has 8 nitrogen and oxygen atoms in total. The second-order valence-corrected chi connectivity index (χ2v) is 9.30. The topological polar surface area (TPSA) is 99.5 Å². The van der Waals surface area contributed by atoms with Gasteiger partial charge in [-0.05, 0) is 65.7 Å². The van der Waals surface area contributed by atoms with Crippen LogP contribution in [0.3, 0.4) is 0 Å². The molecule has 1 N–H and O–H groups in total. The number of hydrogen-bond donors (Lipinski definition) is 1. The molecular weight excluding hydrogens is 398 g/mol. The van der Waals surface area contributed by atoms with Gasteiger partial charge in [0.1, 0.15) is 23.4 Å². The zero-order valence-electron chi connectivity index (χ0n) is 19.3. The predicted octanol–water partition coefficient (Wildman–Crippen LogP) is 4.66. The summed E-state index contributed by atoms with van der Waals surface area (Å²) in [5, 5.41) is 7.60. The number of allylic oxidation sites excluding steroid dienone is 1. The molecule has 1 aromatic heterocycles. The van der Waals surface area contributed by atoms with Crippen molar-refractivity contribution in [2.75, 3.05) is 5.32 Å². The van der Waals surface area contributed by atoms with E-state index >= 15 is 0 Å². The molecule has 2 rings (SSSR count). The molecule has 0 bridgehead atoms. The summed E-state index contributed by atoms with van der Waals surface area (Å²) < 4.78 is 12.2. The second-order valence-electron chi connectivity index (χ2n) is 9.30. The number of ether oxygens (including phenoxy) is 2. The molecule has 2 aromatic rings. The smallest absolute Gasteiger partial charge is 0.412 e. The average molecular weight is 430 g/mol. The molecular formula is C23H31N3O5. The Balaban J connectivity index is 2.55. The lowest BCUT2D eigenvalue weighted by Crippen LogP contribution is -2.27. The second kappa shape index (κ2) is 8.91.